The summed E-state index contributed by atoms with van der Waals surface area (Å²) < 4.78 is 5.26. The third-order valence-corrected chi connectivity index (χ3v) is 3.00. The molecule has 0 aromatic carbocycles. The fraction of sp³-hybridized carbons (Fsp3) is 0.909. The van der Waals surface area contributed by atoms with Crippen LogP contribution >= 0.6 is 0 Å². The molecule has 4 nitrogen and oxygen atoms in total. The summed E-state index contributed by atoms with van der Waals surface area (Å²) in [5, 5.41) is 0. The van der Waals surface area contributed by atoms with Crippen LogP contribution < -0.4 is 5.73 Å². The number of hydrogen-bond acceptors (Lipinski definition) is 3. The van der Waals surface area contributed by atoms with Gasteiger partial charge >= 0.3 is 0 Å². The minimum atomic E-state index is -0.442. The van der Waals surface area contributed by atoms with Crippen molar-refractivity contribution in [3.8, 4) is 0 Å². The summed E-state index contributed by atoms with van der Waals surface area (Å²) in [6, 6.07) is -0.242. The van der Waals surface area contributed by atoms with Gasteiger partial charge in [0.25, 0.3) is 0 Å². The lowest BCUT2D eigenvalue weighted by atomic mass is 9.86. The van der Waals surface area contributed by atoms with E-state index in [-0.39, 0.29) is 17.4 Å². The molecule has 1 saturated heterocycles. The number of rotatable bonds is 2. The minimum absolute atomic E-state index is 0.0120. The molecule has 0 bridgehead atoms. The number of carbonyl (C=O) groups is 1. The molecular formula is C11H22N2O2. The summed E-state index contributed by atoms with van der Waals surface area (Å²) in [7, 11) is 1.81. The summed E-state index contributed by atoms with van der Waals surface area (Å²) in [5.74, 6) is 0.0120. The summed E-state index contributed by atoms with van der Waals surface area (Å²) in [6.45, 7) is 7.32. The first-order valence-electron chi connectivity index (χ1n) is 5.44. The Morgan fingerprint density at radius 1 is 1.53 bits per heavy atom. The monoisotopic (exact) mass is 214 g/mol. The Labute approximate surface area is 91.8 Å². The van der Waals surface area contributed by atoms with E-state index < -0.39 is 6.04 Å². The molecule has 1 amide bonds. The van der Waals surface area contributed by atoms with Crippen LogP contribution in [-0.2, 0) is 9.53 Å². The lowest BCUT2D eigenvalue weighted by molar-refractivity contribution is -0.135. The average molecular weight is 214 g/mol. The molecule has 1 rings (SSSR count). The zero-order valence-electron chi connectivity index (χ0n) is 10.1. The largest absolute Gasteiger partial charge is 0.379 e. The molecule has 1 aliphatic rings. The predicted octanol–water partition coefficient (Wildman–Crippen LogP) is 0.607. The van der Waals surface area contributed by atoms with E-state index in [1.807, 2.05) is 27.8 Å². The van der Waals surface area contributed by atoms with Gasteiger partial charge in [-0.05, 0) is 11.8 Å². The number of hydrogen-bond donors (Lipinski definition) is 1. The molecule has 0 aromatic rings. The fourth-order valence-electron chi connectivity index (χ4n) is 1.60. The van der Waals surface area contributed by atoms with Crippen molar-refractivity contribution in [3.63, 3.8) is 0 Å². The SMILES string of the molecule is CN(C(=O)[C@@H](N)C(C)(C)C)C1CCOC1. The number of nitrogens with zero attached hydrogens (tertiary/aromatic N) is 1. The van der Waals surface area contributed by atoms with Gasteiger partial charge in [-0.1, -0.05) is 20.8 Å². The van der Waals surface area contributed by atoms with E-state index in [0.717, 1.165) is 13.0 Å². The van der Waals surface area contributed by atoms with Crippen LogP contribution in [0.5, 0.6) is 0 Å². The van der Waals surface area contributed by atoms with Gasteiger partial charge in [0.2, 0.25) is 5.91 Å². The van der Waals surface area contributed by atoms with Gasteiger partial charge in [0.15, 0.2) is 0 Å². The van der Waals surface area contributed by atoms with E-state index in [1.165, 1.54) is 0 Å². The van der Waals surface area contributed by atoms with Gasteiger partial charge in [-0.2, -0.15) is 0 Å². The van der Waals surface area contributed by atoms with E-state index in [0.29, 0.717) is 6.61 Å². The number of carbonyl (C=O) groups excluding carboxylic acids is 1. The van der Waals surface area contributed by atoms with E-state index in [2.05, 4.69) is 0 Å². The van der Waals surface area contributed by atoms with Gasteiger partial charge in [-0.25, -0.2) is 0 Å². The van der Waals surface area contributed by atoms with Crippen LogP contribution in [0.25, 0.3) is 0 Å². The van der Waals surface area contributed by atoms with Crippen molar-refractivity contribution in [2.24, 2.45) is 11.1 Å². The van der Waals surface area contributed by atoms with Crippen molar-refractivity contribution in [1.29, 1.82) is 0 Å². The quantitative estimate of drug-likeness (QED) is 0.732. The van der Waals surface area contributed by atoms with Crippen molar-refractivity contribution >= 4 is 5.91 Å². The lowest BCUT2D eigenvalue weighted by Gasteiger charge is -2.32. The fourth-order valence-corrected chi connectivity index (χ4v) is 1.60. The van der Waals surface area contributed by atoms with Crippen molar-refractivity contribution in [2.45, 2.75) is 39.3 Å². The maximum absolute atomic E-state index is 12.0. The molecule has 1 fully saturated rings. The molecule has 0 saturated carbocycles. The van der Waals surface area contributed by atoms with Gasteiger partial charge in [-0.3, -0.25) is 4.79 Å². The molecule has 88 valence electrons. The molecule has 1 heterocycles. The molecular weight excluding hydrogens is 192 g/mol. The molecule has 2 atom stereocenters. The first-order valence-corrected chi connectivity index (χ1v) is 5.44. The maximum atomic E-state index is 12.0. The van der Waals surface area contributed by atoms with Crippen LogP contribution in [0.1, 0.15) is 27.2 Å². The van der Waals surface area contributed by atoms with Crippen molar-refractivity contribution in [1.82, 2.24) is 4.90 Å². The second kappa shape index (κ2) is 4.49. The van der Waals surface area contributed by atoms with Gasteiger partial charge in [0.05, 0.1) is 18.7 Å². The highest BCUT2D eigenvalue weighted by Crippen LogP contribution is 2.20. The smallest absolute Gasteiger partial charge is 0.240 e. The number of amides is 1. The third-order valence-electron chi connectivity index (χ3n) is 3.00. The molecule has 1 unspecified atom stereocenters. The molecule has 15 heavy (non-hydrogen) atoms. The number of likely N-dealkylation sites (N-methyl/N-ethyl adjacent to an activating group) is 1. The van der Waals surface area contributed by atoms with Crippen LogP contribution in [0, 0.1) is 5.41 Å². The van der Waals surface area contributed by atoms with E-state index in [4.69, 9.17) is 10.5 Å². The van der Waals surface area contributed by atoms with Crippen LogP contribution in [0.3, 0.4) is 0 Å². The first kappa shape index (κ1) is 12.5. The van der Waals surface area contributed by atoms with E-state index in [9.17, 15) is 4.79 Å². The Morgan fingerprint density at radius 3 is 2.53 bits per heavy atom. The van der Waals surface area contributed by atoms with Gasteiger partial charge < -0.3 is 15.4 Å². The van der Waals surface area contributed by atoms with E-state index in [1.54, 1.807) is 4.90 Å². The zero-order valence-corrected chi connectivity index (χ0v) is 10.1. The predicted molar refractivity (Wildman–Crippen MR) is 59.4 cm³/mol. The van der Waals surface area contributed by atoms with Crippen molar-refractivity contribution in [2.75, 3.05) is 20.3 Å². The maximum Gasteiger partial charge on any atom is 0.240 e. The third kappa shape index (κ3) is 2.92. The van der Waals surface area contributed by atoms with Gasteiger partial charge in [-0.15, -0.1) is 0 Å². The summed E-state index contributed by atoms with van der Waals surface area (Å²) in [5.41, 5.74) is 5.74. The Bertz CT molecular complexity index is 229. The second-order valence-corrected chi connectivity index (χ2v) is 5.31. The zero-order chi connectivity index (χ0) is 11.6. The highest BCUT2D eigenvalue weighted by molar-refractivity contribution is 5.82. The normalized spacial score (nSPS) is 23.9. The van der Waals surface area contributed by atoms with Gasteiger partial charge in [0.1, 0.15) is 0 Å². The van der Waals surface area contributed by atoms with Crippen molar-refractivity contribution in [3.05, 3.63) is 0 Å². The lowest BCUT2D eigenvalue weighted by Crippen LogP contribution is -2.52. The van der Waals surface area contributed by atoms with Gasteiger partial charge in [0, 0.05) is 13.7 Å². The average Bonchev–Trinajstić information content (AvgIpc) is 2.65. The standard InChI is InChI=1S/C11H22N2O2/c1-11(2,3)9(12)10(14)13(4)8-5-6-15-7-8/h8-9H,5-7,12H2,1-4H3/t8?,9-/m1/s1. The summed E-state index contributed by atoms with van der Waals surface area (Å²) in [6.07, 6.45) is 0.916. The molecule has 0 aliphatic carbocycles. The molecule has 0 spiro atoms. The Kier molecular flexibility index (Phi) is 3.73. The first-order chi connectivity index (χ1) is 6.84. The Hall–Kier alpha value is -0.610. The van der Waals surface area contributed by atoms with Crippen LogP contribution in [-0.4, -0.2) is 43.2 Å². The van der Waals surface area contributed by atoms with Crippen LogP contribution in [0.15, 0.2) is 0 Å². The highest BCUT2D eigenvalue weighted by Gasteiger charge is 2.33. The molecule has 4 heteroatoms. The molecule has 0 aromatic heterocycles. The van der Waals surface area contributed by atoms with E-state index >= 15 is 0 Å². The summed E-state index contributed by atoms with van der Waals surface area (Å²) >= 11 is 0. The van der Waals surface area contributed by atoms with Crippen molar-refractivity contribution < 1.29 is 9.53 Å². The Morgan fingerprint density at radius 2 is 2.13 bits per heavy atom. The number of nitrogens with two attached hydrogens (primary N) is 1. The topological polar surface area (TPSA) is 55.6 Å². The van der Waals surface area contributed by atoms with Crippen LogP contribution in [0.4, 0.5) is 0 Å². The molecule has 1 aliphatic heterocycles. The molecule has 0 radical (unpaired) electrons. The Balaban J connectivity index is 2.59. The second-order valence-electron chi connectivity index (χ2n) is 5.31. The number of ether oxygens (including phenoxy) is 1. The summed E-state index contributed by atoms with van der Waals surface area (Å²) in [4.78, 5) is 13.8. The molecule has 2 N–H and O–H groups in total. The highest BCUT2D eigenvalue weighted by atomic mass is 16.5. The van der Waals surface area contributed by atoms with Crippen LogP contribution in [0.2, 0.25) is 0 Å². The minimum Gasteiger partial charge on any atom is -0.379 e.